The van der Waals surface area contributed by atoms with E-state index in [9.17, 15) is 15.8 Å². The first-order chi connectivity index (χ1) is 36.6. The second-order valence-electron chi connectivity index (χ2n) is 18.9. The van der Waals surface area contributed by atoms with Crippen LogP contribution < -0.4 is 0 Å². The van der Waals surface area contributed by atoms with Gasteiger partial charge in [0, 0.05) is 54.3 Å². The summed E-state index contributed by atoms with van der Waals surface area (Å²) >= 11 is 0. The molecule has 0 bridgehead atoms. The molecule has 0 aliphatic rings. The van der Waals surface area contributed by atoms with Crippen LogP contribution in [0.25, 0.3) is 132 Å². The van der Waals surface area contributed by atoms with Crippen LogP contribution in [-0.2, 0) is 0 Å². The summed E-state index contributed by atoms with van der Waals surface area (Å²) in [5, 5.41) is 45.4. The molecule has 0 spiro atoms. The number of benzene rings is 11. The zero-order chi connectivity index (χ0) is 49.2. The van der Waals surface area contributed by atoms with Gasteiger partial charge in [0.2, 0.25) is 0 Å². The van der Waals surface area contributed by atoms with E-state index in [1.54, 1.807) is 0 Å². The number of nitriles is 3. The molecule has 0 aliphatic carbocycles. The molecule has 7 heteroatoms. The predicted molar refractivity (Wildman–Crippen MR) is 301 cm³/mol. The fourth-order valence-corrected chi connectivity index (χ4v) is 12.2. The largest absolute Gasteiger partial charge is 0.309 e. The average molecular weight is 940 g/mol. The lowest BCUT2D eigenvalue weighted by Gasteiger charge is -2.26. The Morgan fingerprint density at radius 3 is 1.08 bits per heavy atom. The fraction of sp³-hybridized carbons (Fsp3) is 0. The van der Waals surface area contributed by atoms with Crippen molar-refractivity contribution in [2.45, 2.75) is 0 Å². The van der Waals surface area contributed by atoms with E-state index in [-0.39, 0.29) is 0 Å². The van der Waals surface area contributed by atoms with Crippen LogP contribution in [-0.4, -0.2) is 18.3 Å². The van der Waals surface area contributed by atoms with Crippen molar-refractivity contribution < 1.29 is 0 Å². The van der Waals surface area contributed by atoms with Crippen molar-refractivity contribution >= 4 is 98.0 Å². The standard InChI is InChI=1S/C67H37N7/c68-38-41-29-31-42(32-30-41)64-66(73-57-24-10-3-17-46(57)47-18-4-11-25-58(47)73)54(39-69)65(55(40-70)67(64)74-59-26-12-5-19-48(59)49-20-6-13-27-60(49)74)72-61-28-14-8-22-51(61)53-37-45(33-34-62(53)72)71-56-23-9-7-21-50(56)52-35-43-15-1-2-16-44(43)36-63(52)71/h1-37H. The van der Waals surface area contributed by atoms with Crippen molar-refractivity contribution in [2.75, 3.05) is 0 Å². The number of rotatable bonds is 5. The fourth-order valence-electron chi connectivity index (χ4n) is 12.2. The van der Waals surface area contributed by atoms with Crippen molar-refractivity contribution in [3.8, 4) is 52.1 Å². The van der Waals surface area contributed by atoms with Gasteiger partial charge in [-0.1, -0.05) is 146 Å². The van der Waals surface area contributed by atoms with E-state index >= 15 is 0 Å². The maximum Gasteiger partial charge on any atom is 0.104 e. The minimum atomic E-state index is 0.331. The summed E-state index contributed by atoms with van der Waals surface area (Å²) in [6, 6.07) is 85.3. The van der Waals surface area contributed by atoms with Crippen LogP contribution >= 0.6 is 0 Å². The third-order valence-electron chi connectivity index (χ3n) is 15.2. The van der Waals surface area contributed by atoms with Crippen LogP contribution in [0.1, 0.15) is 16.7 Å². The molecule has 0 fully saturated rings. The molecule has 0 amide bonds. The summed E-state index contributed by atoms with van der Waals surface area (Å²) in [5.41, 5.74) is 12.9. The summed E-state index contributed by atoms with van der Waals surface area (Å²) < 4.78 is 8.95. The molecule has 0 radical (unpaired) electrons. The van der Waals surface area contributed by atoms with Gasteiger partial charge in [-0.3, -0.25) is 0 Å². The Kier molecular flexibility index (Phi) is 8.72. The highest BCUT2D eigenvalue weighted by Crippen LogP contribution is 2.49. The van der Waals surface area contributed by atoms with Crippen molar-refractivity contribution in [1.29, 1.82) is 15.8 Å². The SMILES string of the molecule is N#Cc1ccc(-c2c(-n3c4ccccc4c4ccccc43)c(C#N)c(-n3c4ccccc4c4cc(-n5c6ccccc6c6cc7ccccc7cc65)ccc43)c(C#N)c2-n2c3ccccc3c3ccccc32)cc1. The molecule has 15 aromatic rings. The maximum absolute atomic E-state index is 12.2. The summed E-state index contributed by atoms with van der Waals surface area (Å²) in [7, 11) is 0. The first-order valence-electron chi connectivity index (χ1n) is 24.6. The second kappa shape index (κ2) is 15.7. The number of aromatic nitrogens is 4. The summed E-state index contributed by atoms with van der Waals surface area (Å²) in [6.45, 7) is 0. The third-order valence-corrected chi connectivity index (χ3v) is 15.2. The summed E-state index contributed by atoms with van der Waals surface area (Å²) in [4.78, 5) is 0. The van der Waals surface area contributed by atoms with Crippen molar-refractivity contribution in [3.05, 3.63) is 241 Å². The molecule has 0 unspecified atom stereocenters. The maximum atomic E-state index is 12.2. The second-order valence-corrected chi connectivity index (χ2v) is 18.9. The summed E-state index contributed by atoms with van der Waals surface area (Å²) in [5.74, 6) is 0. The Hall–Kier alpha value is -10.7. The van der Waals surface area contributed by atoms with Gasteiger partial charge in [0.15, 0.2) is 0 Å². The van der Waals surface area contributed by atoms with E-state index in [0.717, 1.165) is 93.1 Å². The molecular formula is C67H37N7. The molecule has 340 valence electrons. The van der Waals surface area contributed by atoms with Gasteiger partial charge in [-0.05, 0) is 95.2 Å². The van der Waals surface area contributed by atoms with E-state index < -0.39 is 0 Å². The minimum Gasteiger partial charge on any atom is -0.309 e. The van der Waals surface area contributed by atoms with E-state index in [1.165, 1.54) is 16.2 Å². The monoisotopic (exact) mass is 939 g/mol. The molecule has 4 aromatic heterocycles. The normalized spacial score (nSPS) is 11.7. The van der Waals surface area contributed by atoms with Crippen LogP contribution in [0.5, 0.6) is 0 Å². The van der Waals surface area contributed by atoms with Gasteiger partial charge in [0.05, 0.1) is 72.8 Å². The quantitative estimate of drug-likeness (QED) is 0.172. The average Bonchev–Trinajstić information content (AvgIpc) is 4.24. The zero-order valence-electron chi connectivity index (χ0n) is 39.5. The molecule has 0 saturated carbocycles. The highest BCUT2D eigenvalue weighted by atomic mass is 15.1. The molecule has 74 heavy (non-hydrogen) atoms. The van der Waals surface area contributed by atoms with Gasteiger partial charge in [-0.15, -0.1) is 0 Å². The van der Waals surface area contributed by atoms with Gasteiger partial charge in [0.1, 0.15) is 23.3 Å². The molecular weight excluding hydrogens is 903 g/mol. The van der Waals surface area contributed by atoms with Crippen LogP contribution in [0.3, 0.4) is 0 Å². The predicted octanol–water partition coefficient (Wildman–Crippen LogP) is 16.5. The van der Waals surface area contributed by atoms with Crippen molar-refractivity contribution in [1.82, 2.24) is 18.3 Å². The van der Waals surface area contributed by atoms with Gasteiger partial charge in [0.25, 0.3) is 0 Å². The van der Waals surface area contributed by atoms with Crippen LogP contribution in [0.4, 0.5) is 0 Å². The number of hydrogen-bond acceptors (Lipinski definition) is 3. The smallest absolute Gasteiger partial charge is 0.104 e. The van der Waals surface area contributed by atoms with Crippen LogP contribution in [0, 0.1) is 34.0 Å². The minimum absolute atomic E-state index is 0.331. The molecule has 11 aromatic carbocycles. The van der Waals surface area contributed by atoms with E-state index in [1.807, 2.05) is 78.9 Å². The Morgan fingerprint density at radius 2 is 0.635 bits per heavy atom. The molecule has 0 atom stereocenters. The van der Waals surface area contributed by atoms with E-state index in [4.69, 9.17) is 0 Å². The van der Waals surface area contributed by atoms with Gasteiger partial charge in [-0.2, -0.15) is 15.8 Å². The molecule has 7 nitrogen and oxygen atoms in total. The number of hydrogen-bond donors (Lipinski definition) is 0. The highest BCUT2D eigenvalue weighted by molar-refractivity contribution is 6.17. The van der Waals surface area contributed by atoms with Crippen molar-refractivity contribution in [2.24, 2.45) is 0 Å². The molecule has 15 rings (SSSR count). The number of nitrogens with zero attached hydrogens (tertiary/aromatic N) is 7. The first kappa shape index (κ1) is 41.2. The summed E-state index contributed by atoms with van der Waals surface area (Å²) in [6.07, 6.45) is 0. The van der Waals surface area contributed by atoms with Crippen LogP contribution in [0.15, 0.2) is 224 Å². The van der Waals surface area contributed by atoms with Gasteiger partial charge < -0.3 is 18.3 Å². The lowest BCUT2D eigenvalue weighted by molar-refractivity contribution is 1.08. The first-order valence-corrected chi connectivity index (χ1v) is 24.6. The van der Waals surface area contributed by atoms with E-state index in [2.05, 4.69) is 182 Å². The Labute approximate surface area is 423 Å². The van der Waals surface area contributed by atoms with Gasteiger partial charge in [-0.25, -0.2) is 0 Å². The highest BCUT2D eigenvalue weighted by Gasteiger charge is 2.33. The van der Waals surface area contributed by atoms with Crippen LogP contribution in [0.2, 0.25) is 0 Å². The lowest BCUT2D eigenvalue weighted by atomic mass is 9.91. The molecule has 0 aliphatic heterocycles. The Morgan fingerprint density at radius 1 is 0.270 bits per heavy atom. The van der Waals surface area contributed by atoms with E-state index in [0.29, 0.717) is 39.3 Å². The zero-order valence-corrected chi connectivity index (χ0v) is 39.5. The third kappa shape index (κ3) is 5.62. The number of fused-ring (bicyclic) bond motifs is 13. The Bertz CT molecular complexity index is 4800. The van der Waals surface area contributed by atoms with Gasteiger partial charge >= 0.3 is 0 Å². The molecule has 0 saturated heterocycles. The molecule has 0 N–H and O–H groups in total. The Balaban J connectivity index is 1.14. The molecule has 4 heterocycles. The lowest BCUT2D eigenvalue weighted by Crippen LogP contribution is -2.14. The topological polar surface area (TPSA) is 91.1 Å². The van der Waals surface area contributed by atoms with Crippen molar-refractivity contribution in [3.63, 3.8) is 0 Å². The number of para-hydroxylation sites is 6.